The van der Waals surface area contributed by atoms with Crippen molar-refractivity contribution in [1.82, 2.24) is 14.9 Å². The number of sulfonamides is 1. The maximum Gasteiger partial charge on any atom is 0.309 e. The van der Waals surface area contributed by atoms with Crippen molar-refractivity contribution in [3.63, 3.8) is 0 Å². The SMILES string of the molecule is O=C(NCCC1CCCCN1S(=O)(=O)c1cccs1)C(=O)NC1CC1. The Morgan fingerprint density at radius 1 is 1.20 bits per heavy atom. The lowest BCUT2D eigenvalue weighted by Gasteiger charge is -2.34. The molecule has 2 N–H and O–H groups in total. The molecule has 9 heteroatoms. The molecule has 0 aromatic carbocycles. The third-order valence-electron chi connectivity index (χ3n) is 4.51. The van der Waals surface area contributed by atoms with Crippen LogP contribution in [0.2, 0.25) is 0 Å². The zero-order valence-corrected chi connectivity index (χ0v) is 15.6. The largest absolute Gasteiger partial charge is 0.348 e. The number of hydrogen-bond acceptors (Lipinski definition) is 5. The molecule has 1 unspecified atom stereocenters. The summed E-state index contributed by atoms with van der Waals surface area (Å²) in [6.45, 7) is 0.791. The summed E-state index contributed by atoms with van der Waals surface area (Å²) in [7, 11) is -3.48. The van der Waals surface area contributed by atoms with Crippen LogP contribution in [-0.4, -0.2) is 49.7 Å². The smallest absolute Gasteiger partial charge is 0.309 e. The summed E-state index contributed by atoms with van der Waals surface area (Å²) in [5.41, 5.74) is 0. The molecule has 1 aromatic rings. The molecule has 25 heavy (non-hydrogen) atoms. The zero-order chi connectivity index (χ0) is 17.9. The Morgan fingerprint density at radius 2 is 2.00 bits per heavy atom. The number of hydrogen-bond donors (Lipinski definition) is 2. The van der Waals surface area contributed by atoms with E-state index in [0.29, 0.717) is 17.2 Å². The van der Waals surface area contributed by atoms with Gasteiger partial charge >= 0.3 is 11.8 Å². The molecule has 7 nitrogen and oxygen atoms in total. The van der Waals surface area contributed by atoms with E-state index in [-0.39, 0.29) is 18.6 Å². The van der Waals surface area contributed by atoms with E-state index >= 15 is 0 Å². The monoisotopic (exact) mass is 385 g/mol. The number of carbonyl (C=O) groups excluding carboxylic acids is 2. The Bertz CT molecular complexity index is 714. The van der Waals surface area contributed by atoms with Crippen molar-refractivity contribution in [1.29, 1.82) is 0 Å². The summed E-state index contributed by atoms with van der Waals surface area (Å²) in [6, 6.07) is 3.35. The fraction of sp³-hybridized carbons (Fsp3) is 0.625. The minimum atomic E-state index is -3.48. The van der Waals surface area contributed by atoms with Crippen LogP contribution >= 0.6 is 11.3 Å². The van der Waals surface area contributed by atoms with E-state index in [1.54, 1.807) is 21.8 Å². The van der Waals surface area contributed by atoms with E-state index in [9.17, 15) is 18.0 Å². The number of thiophene rings is 1. The Labute approximate surface area is 151 Å². The van der Waals surface area contributed by atoms with Gasteiger partial charge in [-0.2, -0.15) is 4.31 Å². The molecule has 1 atom stereocenters. The zero-order valence-electron chi connectivity index (χ0n) is 13.9. The van der Waals surface area contributed by atoms with Gasteiger partial charge < -0.3 is 10.6 Å². The molecular weight excluding hydrogens is 362 g/mol. The standard InChI is InChI=1S/C16H23N3O4S2/c20-15(16(21)18-12-6-7-12)17-9-8-13-4-1-2-10-19(13)25(22,23)14-5-3-11-24-14/h3,5,11-13H,1-2,4,6-10H2,(H,17,20)(H,18,21). The minimum absolute atomic E-state index is 0.142. The molecule has 2 amide bonds. The first kappa shape index (κ1) is 18.3. The highest BCUT2D eigenvalue weighted by Crippen LogP contribution is 2.29. The summed E-state index contributed by atoms with van der Waals surface area (Å²) < 4.78 is 27.5. The molecule has 1 aliphatic carbocycles. The van der Waals surface area contributed by atoms with Crippen molar-refractivity contribution in [3.8, 4) is 0 Å². The van der Waals surface area contributed by atoms with Gasteiger partial charge in [0.25, 0.3) is 10.0 Å². The first-order valence-electron chi connectivity index (χ1n) is 8.62. The normalized spacial score (nSPS) is 21.7. The van der Waals surface area contributed by atoms with Gasteiger partial charge in [-0.1, -0.05) is 12.5 Å². The fourth-order valence-electron chi connectivity index (χ4n) is 3.02. The van der Waals surface area contributed by atoms with Gasteiger partial charge in [0.1, 0.15) is 4.21 Å². The number of piperidine rings is 1. The van der Waals surface area contributed by atoms with Gasteiger partial charge in [0, 0.05) is 25.2 Å². The molecule has 138 valence electrons. The van der Waals surface area contributed by atoms with Crippen LogP contribution < -0.4 is 10.6 Å². The van der Waals surface area contributed by atoms with E-state index in [1.807, 2.05) is 0 Å². The molecule has 0 spiro atoms. The van der Waals surface area contributed by atoms with Crippen molar-refractivity contribution in [3.05, 3.63) is 17.5 Å². The van der Waals surface area contributed by atoms with Gasteiger partial charge in [-0.25, -0.2) is 8.42 Å². The van der Waals surface area contributed by atoms with Crippen LogP contribution in [0.4, 0.5) is 0 Å². The van der Waals surface area contributed by atoms with Crippen LogP contribution in [0.25, 0.3) is 0 Å². The van der Waals surface area contributed by atoms with Crippen LogP contribution in [0.1, 0.15) is 38.5 Å². The van der Waals surface area contributed by atoms with Crippen LogP contribution in [0, 0.1) is 0 Å². The van der Waals surface area contributed by atoms with E-state index in [2.05, 4.69) is 10.6 Å². The molecular formula is C16H23N3O4S2. The molecule has 1 saturated heterocycles. The number of amides is 2. The Hall–Kier alpha value is -1.45. The number of carbonyl (C=O) groups is 2. The average molecular weight is 386 g/mol. The Kier molecular flexibility index (Phi) is 5.75. The van der Waals surface area contributed by atoms with Crippen LogP contribution in [0.15, 0.2) is 21.7 Å². The maximum atomic E-state index is 12.8. The predicted molar refractivity (Wildman–Crippen MR) is 94.6 cm³/mol. The number of nitrogens with zero attached hydrogens (tertiary/aromatic N) is 1. The van der Waals surface area contributed by atoms with Crippen LogP contribution in [-0.2, 0) is 19.6 Å². The Morgan fingerprint density at radius 3 is 2.68 bits per heavy atom. The predicted octanol–water partition coefficient (Wildman–Crippen LogP) is 1.08. The van der Waals surface area contributed by atoms with Gasteiger partial charge in [0.05, 0.1) is 0 Å². The van der Waals surface area contributed by atoms with Gasteiger partial charge in [-0.3, -0.25) is 9.59 Å². The van der Waals surface area contributed by atoms with E-state index in [1.165, 1.54) is 11.3 Å². The summed E-state index contributed by atoms with van der Waals surface area (Å²) in [5.74, 6) is -1.25. The lowest BCUT2D eigenvalue weighted by molar-refractivity contribution is -0.139. The highest BCUT2D eigenvalue weighted by molar-refractivity contribution is 7.91. The van der Waals surface area contributed by atoms with Gasteiger partial charge in [-0.15, -0.1) is 11.3 Å². The maximum absolute atomic E-state index is 12.8. The summed E-state index contributed by atoms with van der Waals surface area (Å²) in [6.07, 6.45) is 4.95. The average Bonchev–Trinajstić information content (AvgIpc) is 3.23. The van der Waals surface area contributed by atoms with Crippen molar-refractivity contribution in [2.24, 2.45) is 0 Å². The summed E-state index contributed by atoms with van der Waals surface area (Å²) >= 11 is 1.22. The number of rotatable bonds is 6. The van der Waals surface area contributed by atoms with E-state index in [4.69, 9.17) is 0 Å². The summed E-state index contributed by atoms with van der Waals surface area (Å²) in [5, 5.41) is 6.99. The van der Waals surface area contributed by atoms with Crippen molar-refractivity contribution in [2.45, 2.75) is 54.8 Å². The lowest BCUT2D eigenvalue weighted by atomic mass is 10.0. The molecule has 2 fully saturated rings. The van der Waals surface area contributed by atoms with Gasteiger partial charge in [0.2, 0.25) is 0 Å². The topological polar surface area (TPSA) is 95.6 Å². The van der Waals surface area contributed by atoms with E-state index < -0.39 is 21.8 Å². The molecule has 0 bridgehead atoms. The Balaban J connectivity index is 1.54. The molecule has 3 rings (SSSR count). The molecule has 1 aliphatic heterocycles. The first-order valence-corrected chi connectivity index (χ1v) is 10.9. The molecule has 1 saturated carbocycles. The first-order chi connectivity index (χ1) is 12.0. The van der Waals surface area contributed by atoms with E-state index in [0.717, 1.165) is 32.1 Å². The van der Waals surface area contributed by atoms with Gasteiger partial charge in [-0.05, 0) is 43.6 Å². The molecule has 1 aromatic heterocycles. The molecule has 0 radical (unpaired) electrons. The fourth-order valence-corrected chi connectivity index (χ4v) is 5.86. The third kappa shape index (κ3) is 4.59. The van der Waals surface area contributed by atoms with Crippen molar-refractivity contribution >= 4 is 33.2 Å². The van der Waals surface area contributed by atoms with Crippen LogP contribution in [0.5, 0.6) is 0 Å². The van der Waals surface area contributed by atoms with Crippen molar-refractivity contribution in [2.75, 3.05) is 13.1 Å². The highest BCUT2D eigenvalue weighted by atomic mass is 32.2. The summed E-state index contributed by atoms with van der Waals surface area (Å²) in [4.78, 5) is 23.4. The second-order valence-electron chi connectivity index (χ2n) is 6.49. The quantitative estimate of drug-likeness (QED) is 0.716. The minimum Gasteiger partial charge on any atom is -0.348 e. The third-order valence-corrected chi connectivity index (χ3v) is 7.84. The van der Waals surface area contributed by atoms with Crippen LogP contribution in [0.3, 0.4) is 0 Å². The highest BCUT2D eigenvalue weighted by Gasteiger charge is 2.34. The van der Waals surface area contributed by atoms with Crippen molar-refractivity contribution < 1.29 is 18.0 Å². The molecule has 2 aliphatic rings. The second kappa shape index (κ2) is 7.84. The lowest BCUT2D eigenvalue weighted by Crippen LogP contribution is -2.46. The van der Waals surface area contributed by atoms with Gasteiger partial charge in [0.15, 0.2) is 0 Å². The molecule has 2 heterocycles. The second-order valence-corrected chi connectivity index (χ2v) is 9.55. The number of nitrogens with one attached hydrogen (secondary N) is 2.